The van der Waals surface area contributed by atoms with E-state index in [2.05, 4.69) is 15.1 Å². The molecule has 1 heterocycles. The molecule has 0 spiro atoms. The van der Waals surface area contributed by atoms with E-state index >= 15 is 0 Å². The highest BCUT2D eigenvalue weighted by molar-refractivity contribution is 7.80. The van der Waals surface area contributed by atoms with Crippen LogP contribution in [-0.2, 0) is 6.42 Å². The van der Waals surface area contributed by atoms with Crippen molar-refractivity contribution in [1.29, 1.82) is 0 Å². The molecule has 0 aromatic heterocycles. The third-order valence-electron chi connectivity index (χ3n) is 4.90. The summed E-state index contributed by atoms with van der Waals surface area (Å²) in [5.74, 6) is 1.28. The van der Waals surface area contributed by atoms with Gasteiger partial charge in [-0.1, -0.05) is 18.2 Å². The molecule has 28 heavy (non-hydrogen) atoms. The van der Waals surface area contributed by atoms with Crippen LogP contribution in [0.15, 0.2) is 42.5 Å². The molecule has 0 amide bonds. The summed E-state index contributed by atoms with van der Waals surface area (Å²) >= 11 is 5.54. The second-order valence-electron chi connectivity index (χ2n) is 6.60. The zero-order chi connectivity index (χ0) is 19.9. The van der Waals surface area contributed by atoms with E-state index in [4.69, 9.17) is 21.7 Å². The van der Waals surface area contributed by atoms with Gasteiger partial charge in [-0.25, -0.2) is 4.39 Å². The predicted octanol–water partition coefficient (Wildman–Crippen LogP) is 3.08. The van der Waals surface area contributed by atoms with Crippen molar-refractivity contribution in [1.82, 2.24) is 10.2 Å². The van der Waals surface area contributed by atoms with Crippen molar-refractivity contribution in [2.45, 2.75) is 6.42 Å². The number of piperazine rings is 1. The monoisotopic (exact) mass is 403 g/mol. The number of nitrogens with one attached hydrogen (secondary N) is 1. The first-order valence-corrected chi connectivity index (χ1v) is 9.76. The molecule has 0 unspecified atom stereocenters. The maximum atomic E-state index is 13.9. The van der Waals surface area contributed by atoms with Crippen molar-refractivity contribution in [3.8, 4) is 11.5 Å². The molecule has 7 heteroatoms. The Balaban J connectivity index is 1.46. The van der Waals surface area contributed by atoms with Gasteiger partial charge in [-0.3, -0.25) is 0 Å². The van der Waals surface area contributed by atoms with Crippen molar-refractivity contribution in [3.63, 3.8) is 0 Å². The summed E-state index contributed by atoms with van der Waals surface area (Å²) in [5.41, 5.74) is 1.81. The second kappa shape index (κ2) is 9.59. The Kier molecular flexibility index (Phi) is 6.92. The van der Waals surface area contributed by atoms with Crippen LogP contribution in [-0.4, -0.2) is 57.0 Å². The van der Waals surface area contributed by atoms with Crippen LogP contribution < -0.4 is 19.7 Å². The van der Waals surface area contributed by atoms with E-state index in [-0.39, 0.29) is 5.82 Å². The molecule has 1 N–H and O–H groups in total. The fraction of sp³-hybridized carbons (Fsp3) is 0.381. The van der Waals surface area contributed by atoms with Crippen molar-refractivity contribution in [2.75, 3.05) is 51.8 Å². The quantitative estimate of drug-likeness (QED) is 0.747. The van der Waals surface area contributed by atoms with E-state index in [9.17, 15) is 4.39 Å². The Morgan fingerprint density at radius 3 is 2.43 bits per heavy atom. The van der Waals surface area contributed by atoms with Crippen molar-refractivity contribution in [3.05, 3.63) is 53.8 Å². The normalized spacial score (nSPS) is 14.0. The maximum absolute atomic E-state index is 13.9. The number of ether oxygens (including phenoxy) is 2. The van der Waals surface area contributed by atoms with Gasteiger partial charge in [0.1, 0.15) is 5.82 Å². The summed E-state index contributed by atoms with van der Waals surface area (Å²) < 4.78 is 24.6. The molecule has 0 radical (unpaired) electrons. The van der Waals surface area contributed by atoms with E-state index in [1.807, 2.05) is 30.3 Å². The minimum Gasteiger partial charge on any atom is -0.493 e. The molecule has 0 aliphatic carbocycles. The molecule has 2 aromatic carbocycles. The van der Waals surface area contributed by atoms with Gasteiger partial charge in [0.25, 0.3) is 0 Å². The zero-order valence-corrected chi connectivity index (χ0v) is 17.1. The number of hydrogen-bond acceptors (Lipinski definition) is 4. The number of hydrogen-bond donors (Lipinski definition) is 1. The maximum Gasteiger partial charge on any atom is 0.169 e. The number of rotatable bonds is 6. The summed E-state index contributed by atoms with van der Waals surface area (Å²) in [5, 5.41) is 4.07. The molecular formula is C21H26FN3O2S. The van der Waals surface area contributed by atoms with Crippen LogP contribution >= 0.6 is 12.2 Å². The van der Waals surface area contributed by atoms with Crippen LogP contribution in [0.4, 0.5) is 10.1 Å². The molecule has 0 saturated carbocycles. The van der Waals surface area contributed by atoms with Gasteiger partial charge in [-0.15, -0.1) is 0 Å². The fourth-order valence-electron chi connectivity index (χ4n) is 3.32. The number of nitrogens with zero attached hydrogens (tertiary/aromatic N) is 2. The molecule has 1 saturated heterocycles. The summed E-state index contributed by atoms with van der Waals surface area (Å²) in [4.78, 5) is 4.21. The Bertz CT molecular complexity index is 810. The van der Waals surface area contributed by atoms with Gasteiger partial charge >= 0.3 is 0 Å². The first kappa shape index (κ1) is 20.2. The van der Waals surface area contributed by atoms with Gasteiger partial charge in [0.2, 0.25) is 0 Å². The molecule has 5 nitrogen and oxygen atoms in total. The van der Waals surface area contributed by atoms with Crippen LogP contribution in [0.2, 0.25) is 0 Å². The minimum absolute atomic E-state index is 0.174. The first-order valence-electron chi connectivity index (χ1n) is 9.35. The summed E-state index contributed by atoms with van der Waals surface area (Å²) in [6.45, 7) is 3.78. The van der Waals surface area contributed by atoms with E-state index in [0.29, 0.717) is 5.69 Å². The SMILES string of the molecule is COc1ccc(CCNC(=S)N2CCN(c3ccccc3F)CC2)cc1OC. The number of benzene rings is 2. The highest BCUT2D eigenvalue weighted by atomic mass is 32.1. The standard InChI is InChI=1S/C21H26FN3O2S/c1-26-19-8-7-16(15-20(19)27-2)9-10-23-21(28)25-13-11-24(12-14-25)18-6-4-3-5-17(18)22/h3-8,15H,9-14H2,1-2H3,(H,23,28). The summed E-state index contributed by atoms with van der Waals surface area (Å²) in [7, 11) is 3.26. The average molecular weight is 404 g/mol. The van der Waals surface area contributed by atoms with Crippen LogP contribution in [0, 0.1) is 5.82 Å². The number of anilines is 1. The number of para-hydroxylation sites is 1. The number of halogens is 1. The van der Waals surface area contributed by atoms with E-state index in [1.165, 1.54) is 6.07 Å². The summed E-state index contributed by atoms with van der Waals surface area (Å²) in [6.07, 6.45) is 0.829. The zero-order valence-electron chi connectivity index (χ0n) is 16.3. The van der Waals surface area contributed by atoms with Crippen LogP contribution in [0.3, 0.4) is 0 Å². The Morgan fingerprint density at radius 2 is 1.75 bits per heavy atom. The smallest absolute Gasteiger partial charge is 0.169 e. The molecule has 0 bridgehead atoms. The van der Waals surface area contributed by atoms with Gasteiger partial charge in [-0.2, -0.15) is 0 Å². The predicted molar refractivity (Wildman–Crippen MR) is 114 cm³/mol. The van der Waals surface area contributed by atoms with Crippen LogP contribution in [0.25, 0.3) is 0 Å². The highest BCUT2D eigenvalue weighted by Gasteiger charge is 2.20. The van der Waals surface area contributed by atoms with Crippen molar-refractivity contribution < 1.29 is 13.9 Å². The van der Waals surface area contributed by atoms with Crippen molar-refractivity contribution >= 4 is 23.0 Å². The Hall–Kier alpha value is -2.54. The summed E-state index contributed by atoms with van der Waals surface area (Å²) in [6, 6.07) is 12.8. The lowest BCUT2D eigenvalue weighted by Gasteiger charge is -2.37. The third kappa shape index (κ3) is 4.84. The fourth-order valence-corrected chi connectivity index (χ4v) is 3.60. The molecule has 150 valence electrons. The first-order chi connectivity index (χ1) is 13.6. The molecule has 1 fully saturated rings. The van der Waals surface area contributed by atoms with Gasteiger partial charge in [-0.05, 0) is 48.5 Å². The Morgan fingerprint density at radius 1 is 1.04 bits per heavy atom. The molecule has 1 aliphatic heterocycles. The van der Waals surface area contributed by atoms with E-state index < -0.39 is 0 Å². The van der Waals surface area contributed by atoms with Gasteiger partial charge < -0.3 is 24.6 Å². The second-order valence-corrected chi connectivity index (χ2v) is 6.98. The van der Waals surface area contributed by atoms with Crippen LogP contribution in [0.1, 0.15) is 5.56 Å². The van der Waals surface area contributed by atoms with E-state index in [1.54, 1.807) is 20.3 Å². The average Bonchev–Trinajstić information content (AvgIpc) is 2.74. The number of thiocarbonyl (C=S) groups is 1. The van der Waals surface area contributed by atoms with Crippen LogP contribution in [0.5, 0.6) is 11.5 Å². The van der Waals surface area contributed by atoms with Crippen molar-refractivity contribution in [2.24, 2.45) is 0 Å². The molecule has 3 rings (SSSR count). The molecule has 2 aromatic rings. The third-order valence-corrected chi connectivity index (χ3v) is 5.30. The van der Waals surface area contributed by atoms with Gasteiger partial charge in [0, 0.05) is 32.7 Å². The lowest BCUT2D eigenvalue weighted by molar-refractivity contribution is 0.354. The highest BCUT2D eigenvalue weighted by Crippen LogP contribution is 2.27. The lowest BCUT2D eigenvalue weighted by Crippen LogP contribution is -2.52. The molecular weight excluding hydrogens is 377 g/mol. The topological polar surface area (TPSA) is 37.0 Å². The minimum atomic E-state index is -0.174. The molecule has 1 aliphatic rings. The largest absolute Gasteiger partial charge is 0.493 e. The lowest BCUT2D eigenvalue weighted by atomic mass is 10.1. The van der Waals surface area contributed by atoms with E-state index in [0.717, 1.165) is 61.3 Å². The van der Waals surface area contributed by atoms with Gasteiger partial charge in [0.05, 0.1) is 19.9 Å². The molecule has 0 atom stereocenters. The Labute approximate surface area is 171 Å². The number of methoxy groups -OCH3 is 2. The van der Waals surface area contributed by atoms with Gasteiger partial charge in [0.15, 0.2) is 16.6 Å².